The van der Waals surface area contributed by atoms with Gasteiger partial charge in [0.05, 0.1) is 36.3 Å². The van der Waals surface area contributed by atoms with E-state index in [1.807, 2.05) is 12.1 Å². The number of nitriles is 1. The number of nitrogens with zero attached hydrogens (tertiary/aromatic N) is 4. The molecule has 172 valence electrons. The predicted molar refractivity (Wildman–Crippen MR) is 133 cm³/mol. The van der Waals surface area contributed by atoms with Gasteiger partial charge in [0, 0.05) is 37.5 Å². The highest BCUT2D eigenvalue weighted by atomic mass is 16.5. The molecule has 0 aliphatic carbocycles. The van der Waals surface area contributed by atoms with Gasteiger partial charge >= 0.3 is 0 Å². The van der Waals surface area contributed by atoms with Crippen molar-refractivity contribution in [2.75, 3.05) is 37.7 Å². The van der Waals surface area contributed by atoms with Gasteiger partial charge in [0.25, 0.3) is 0 Å². The van der Waals surface area contributed by atoms with Crippen molar-refractivity contribution in [1.82, 2.24) is 4.98 Å². The smallest absolute Gasteiger partial charge is 0.138 e. The summed E-state index contributed by atoms with van der Waals surface area (Å²) in [6, 6.07) is 11.1. The van der Waals surface area contributed by atoms with Crippen LogP contribution in [0, 0.1) is 17.2 Å². The highest BCUT2D eigenvalue weighted by molar-refractivity contribution is 6.00. The Kier molecular flexibility index (Phi) is 8.76. The molecule has 1 saturated heterocycles. The molecule has 0 saturated carbocycles. The third-order valence-corrected chi connectivity index (χ3v) is 5.45. The first-order valence-electron chi connectivity index (χ1n) is 11.2. The number of allylic oxidation sites excluding steroid dienone is 1. The average Bonchev–Trinajstić information content (AvgIpc) is 2.86. The Hall–Kier alpha value is -3.47. The second kappa shape index (κ2) is 12.0. The standard InChI is InChI=1S/C26H31N5O2/c1-4-19(2)5-7-22(18-28)30-20(3)24-8-6-21(17-27)15-25(24)33-23-9-10-29-26(16-23)31-11-13-32-14-12-31/h5-10,15-16,19H,3-4,11-14,18,28H2,1-2H3/b7-5-,30-22?. The summed E-state index contributed by atoms with van der Waals surface area (Å²) < 4.78 is 11.6. The van der Waals surface area contributed by atoms with Crippen molar-refractivity contribution in [3.05, 3.63) is 66.4 Å². The third kappa shape index (κ3) is 6.75. The molecule has 33 heavy (non-hydrogen) atoms. The number of hydrogen-bond acceptors (Lipinski definition) is 7. The number of morpholine rings is 1. The summed E-state index contributed by atoms with van der Waals surface area (Å²) in [5.41, 5.74) is 8.34. The van der Waals surface area contributed by atoms with Gasteiger partial charge in [-0.2, -0.15) is 5.26 Å². The maximum atomic E-state index is 9.39. The Morgan fingerprint density at radius 2 is 2.15 bits per heavy atom. The highest BCUT2D eigenvalue weighted by Crippen LogP contribution is 2.32. The van der Waals surface area contributed by atoms with Gasteiger partial charge in [-0.1, -0.05) is 32.9 Å². The van der Waals surface area contributed by atoms with E-state index in [-0.39, 0.29) is 0 Å². The van der Waals surface area contributed by atoms with Crippen LogP contribution in [0.5, 0.6) is 11.5 Å². The van der Waals surface area contributed by atoms with Gasteiger partial charge in [-0.3, -0.25) is 4.99 Å². The number of ether oxygens (including phenoxy) is 2. The molecular weight excluding hydrogens is 414 g/mol. The molecule has 3 rings (SSSR count). The van der Waals surface area contributed by atoms with Gasteiger partial charge in [0.1, 0.15) is 17.3 Å². The summed E-state index contributed by atoms with van der Waals surface area (Å²) in [5, 5.41) is 9.39. The quantitative estimate of drug-likeness (QED) is 0.569. The summed E-state index contributed by atoms with van der Waals surface area (Å²) in [6.45, 7) is 11.6. The number of hydrogen-bond donors (Lipinski definition) is 1. The Balaban J connectivity index is 1.88. The number of aromatic nitrogens is 1. The molecule has 0 amide bonds. The molecular formula is C26H31N5O2. The lowest BCUT2D eigenvalue weighted by Crippen LogP contribution is -2.36. The molecule has 1 aliphatic rings. The first-order valence-corrected chi connectivity index (χ1v) is 11.2. The van der Waals surface area contributed by atoms with Crippen molar-refractivity contribution in [2.45, 2.75) is 20.3 Å². The predicted octanol–water partition coefficient (Wildman–Crippen LogP) is 4.55. The van der Waals surface area contributed by atoms with Gasteiger partial charge in [0.2, 0.25) is 0 Å². The van der Waals surface area contributed by atoms with E-state index in [0.29, 0.717) is 54.0 Å². The normalized spacial score (nSPS) is 15.3. The second-order valence-electron chi connectivity index (χ2n) is 7.87. The topological polar surface area (TPSA) is 96.8 Å². The van der Waals surface area contributed by atoms with Gasteiger partial charge in [-0.05, 0) is 36.3 Å². The number of nitrogens with two attached hydrogens (primary N) is 1. The van der Waals surface area contributed by atoms with E-state index in [0.717, 1.165) is 31.0 Å². The lowest BCUT2D eigenvalue weighted by molar-refractivity contribution is 0.122. The molecule has 0 spiro atoms. The lowest BCUT2D eigenvalue weighted by atomic mass is 10.1. The zero-order chi connectivity index (χ0) is 23.6. The van der Waals surface area contributed by atoms with E-state index in [2.05, 4.69) is 47.4 Å². The van der Waals surface area contributed by atoms with E-state index in [1.165, 1.54) is 0 Å². The molecule has 7 heteroatoms. The summed E-state index contributed by atoms with van der Waals surface area (Å²) in [6.07, 6.45) is 6.80. The summed E-state index contributed by atoms with van der Waals surface area (Å²) in [5.74, 6) is 2.39. The zero-order valence-corrected chi connectivity index (χ0v) is 19.3. The summed E-state index contributed by atoms with van der Waals surface area (Å²) in [4.78, 5) is 11.3. The molecule has 0 bridgehead atoms. The molecule has 1 aromatic carbocycles. The Bertz CT molecular complexity index is 1060. The van der Waals surface area contributed by atoms with Crippen LogP contribution in [-0.4, -0.2) is 43.5 Å². The fourth-order valence-electron chi connectivity index (χ4n) is 3.27. The van der Waals surface area contributed by atoms with Crippen LogP contribution in [0.2, 0.25) is 0 Å². The first kappa shape index (κ1) is 24.2. The van der Waals surface area contributed by atoms with E-state index < -0.39 is 0 Å². The second-order valence-corrected chi connectivity index (χ2v) is 7.87. The minimum atomic E-state index is 0.297. The van der Waals surface area contributed by atoms with Crippen molar-refractivity contribution in [3.8, 4) is 17.6 Å². The SMILES string of the molecule is C=C(N=C(/C=C\C(C)CC)CN)c1ccc(C#N)cc1Oc1ccnc(N2CCOCC2)c1. The van der Waals surface area contributed by atoms with Crippen LogP contribution in [0.1, 0.15) is 31.4 Å². The minimum absolute atomic E-state index is 0.297. The van der Waals surface area contributed by atoms with Gasteiger partial charge in [-0.15, -0.1) is 0 Å². The Labute approximate surface area is 195 Å². The summed E-state index contributed by atoms with van der Waals surface area (Å²) in [7, 11) is 0. The fraction of sp³-hybridized carbons (Fsp3) is 0.346. The number of benzene rings is 1. The fourth-order valence-corrected chi connectivity index (χ4v) is 3.27. The van der Waals surface area contributed by atoms with Crippen molar-refractivity contribution in [3.63, 3.8) is 0 Å². The molecule has 1 atom stereocenters. The maximum Gasteiger partial charge on any atom is 0.138 e. The van der Waals surface area contributed by atoms with Crippen molar-refractivity contribution in [1.29, 1.82) is 5.26 Å². The molecule has 1 aliphatic heterocycles. The monoisotopic (exact) mass is 445 g/mol. The van der Waals surface area contributed by atoms with Crippen molar-refractivity contribution >= 4 is 17.2 Å². The highest BCUT2D eigenvalue weighted by Gasteiger charge is 2.15. The van der Waals surface area contributed by atoms with Gasteiger partial charge < -0.3 is 20.1 Å². The summed E-state index contributed by atoms with van der Waals surface area (Å²) >= 11 is 0. The molecule has 1 fully saturated rings. The van der Waals surface area contributed by atoms with Crippen LogP contribution >= 0.6 is 0 Å². The first-order chi connectivity index (χ1) is 16.0. The largest absolute Gasteiger partial charge is 0.456 e. The molecule has 2 N–H and O–H groups in total. The van der Waals surface area contributed by atoms with Gasteiger partial charge in [0.15, 0.2) is 0 Å². The van der Waals surface area contributed by atoms with Crippen LogP contribution in [0.3, 0.4) is 0 Å². The van der Waals surface area contributed by atoms with E-state index in [4.69, 9.17) is 15.2 Å². The van der Waals surface area contributed by atoms with Crippen LogP contribution < -0.4 is 15.4 Å². The van der Waals surface area contributed by atoms with E-state index in [1.54, 1.807) is 30.5 Å². The van der Waals surface area contributed by atoms with Crippen LogP contribution in [0.4, 0.5) is 5.82 Å². The average molecular weight is 446 g/mol. The molecule has 1 unspecified atom stereocenters. The van der Waals surface area contributed by atoms with Crippen LogP contribution in [0.15, 0.2) is 60.3 Å². The Morgan fingerprint density at radius 3 is 2.85 bits per heavy atom. The number of aliphatic imine (C=N–C) groups is 1. The number of anilines is 1. The van der Waals surface area contributed by atoms with Crippen LogP contribution in [-0.2, 0) is 4.74 Å². The molecule has 0 radical (unpaired) electrons. The molecule has 7 nitrogen and oxygen atoms in total. The van der Waals surface area contributed by atoms with Gasteiger partial charge in [-0.25, -0.2) is 4.98 Å². The number of rotatable bonds is 9. The third-order valence-electron chi connectivity index (χ3n) is 5.45. The minimum Gasteiger partial charge on any atom is -0.456 e. The maximum absolute atomic E-state index is 9.39. The molecule has 2 aromatic rings. The Morgan fingerprint density at radius 1 is 1.36 bits per heavy atom. The van der Waals surface area contributed by atoms with E-state index >= 15 is 0 Å². The van der Waals surface area contributed by atoms with E-state index in [9.17, 15) is 5.26 Å². The molecule has 2 heterocycles. The zero-order valence-electron chi connectivity index (χ0n) is 19.3. The van der Waals surface area contributed by atoms with Crippen molar-refractivity contribution in [2.24, 2.45) is 16.6 Å². The molecule has 1 aromatic heterocycles. The van der Waals surface area contributed by atoms with Crippen LogP contribution in [0.25, 0.3) is 5.70 Å². The van der Waals surface area contributed by atoms with Crippen molar-refractivity contribution < 1.29 is 9.47 Å². The number of pyridine rings is 1. The lowest BCUT2D eigenvalue weighted by Gasteiger charge is -2.27.